The first kappa shape index (κ1) is 12.6. The molecule has 96 valence electrons. The van der Waals surface area contributed by atoms with Crippen LogP contribution in [0.5, 0.6) is 0 Å². The van der Waals surface area contributed by atoms with E-state index in [1.165, 1.54) is 12.1 Å². The Morgan fingerprint density at radius 2 is 1.74 bits per heavy atom. The normalized spacial score (nSPS) is 12.8. The van der Waals surface area contributed by atoms with E-state index in [4.69, 9.17) is 11.6 Å². The standard InChI is InChI=1S/C15H9ClF2S/c16-14(10-5-3-6-12(17)15(10)18)11-8-19-13-7-2-1-4-9(11)13/h1-8,14H. The molecule has 2 aromatic carbocycles. The lowest BCUT2D eigenvalue weighted by Gasteiger charge is -2.10. The van der Waals surface area contributed by atoms with Crippen molar-refractivity contribution < 1.29 is 8.78 Å². The minimum absolute atomic E-state index is 0.171. The van der Waals surface area contributed by atoms with Crippen molar-refractivity contribution in [1.82, 2.24) is 0 Å². The van der Waals surface area contributed by atoms with Crippen LogP contribution >= 0.6 is 22.9 Å². The third kappa shape index (κ3) is 2.13. The summed E-state index contributed by atoms with van der Waals surface area (Å²) in [6.45, 7) is 0. The Morgan fingerprint density at radius 3 is 2.58 bits per heavy atom. The molecule has 0 radical (unpaired) electrons. The van der Waals surface area contributed by atoms with Crippen LogP contribution in [-0.2, 0) is 0 Å². The predicted molar refractivity (Wildman–Crippen MR) is 75.9 cm³/mol. The summed E-state index contributed by atoms with van der Waals surface area (Å²) in [7, 11) is 0. The molecule has 0 aliphatic rings. The second-order valence-electron chi connectivity index (χ2n) is 4.19. The Kier molecular flexibility index (Phi) is 3.25. The summed E-state index contributed by atoms with van der Waals surface area (Å²) in [4.78, 5) is 0. The fourth-order valence-corrected chi connectivity index (χ4v) is 3.49. The molecule has 0 amide bonds. The average molecular weight is 295 g/mol. The zero-order valence-electron chi connectivity index (χ0n) is 9.74. The van der Waals surface area contributed by atoms with E-state index in [-0.39, 0.29) is 5.56 Å². The Bertz CT molecular complexity index is 736. The van der Waals surface area contributed by atoms with Crippen molar-refractivity contribution in [2.75, 3.05) is 0 Å². The van der Waals surface area contributed by atoms with Crippen molar-refractivity contribution in [1.29, 1.82) is 0 Å². The minimum atomic E-state index is -0.877. The van der Waals surface area contributed by atoms with Gasteiger partial charge in [0.25, 0.3) is 0 Å². The second kappa shape index (κ2) is 4.91. The first-order chi connectivity index (χ1) is 9.18. The molecule has 0 aliphatic carbocycles. The van der Waals surface area contributed by atoms with Crippen LogP contribution in [0.3, 0.4) is 0 Å². The van der Waals surface area contributed by atoms with E-state index < -0.39 is 17.0 Å². The third-order valence-electron chi connectivity index (χ3n) is 3.04. The molecule has 0 saturated heterocycles. The number of alkyl halides is 1. The zero-order chi connectivity index (χ0) is 13.4. The summed E-state index contributed by atoms with van der Waals surface area (Å²) in [5.41, 5.74) is 0.983. The second-order valence-corrected chi connectivity index (χ2v) is 5.54. The van der Waals surface area contributed by atoms with Gasteiger partial charge in [-0.05, 0) is 28.5 Å². The molecule has 0 fully saturated rings. The van der Waals surface area contributed by atoms with E-state index in [0.29, 0.717) is 0 Å². The largest absolute Gasteiger partial charge is 0.204 e. The lowest BCUT2D eigenvalue weighted by molar-refractivity contribution is 0.500. The maximum atomic E-state index is 13.8. The molecule has 0 bridgehead atoms. The Balaban J connectivity index is 2.13. The quantitative estimate of drug-likeness (QED) is 0.547. The van der Waals surface area contributed by atoms with Crippen molar-refractivity contribution in [3.8, 4) is 0 Å². The van der Waals surface area contributed by atoms with E-state index >= 15 is 0 Å². The molecule has 3 aromatic rings. The number of hydrogen-bond acceptors (Lipinski definition) is 1. The third-order valence-corrected chi connectivity index (χ3v) is 4.49. The van der Waals surface area contributed by atoms with Crippen LogP contribution in [0.15, 0.2) is 47.8 Å². The van der Waals surface area contributed by atoms with Gasteiger partial charge in [-0.15, -0.1) is 22.9 Å². The first-order valence-corrected chi connectivity index (χ1v) is 7.04. The molecule has 0 N–H and O–H groups in total. The maximum Gasteiger partial charge on any atom is 0.163 e. The van der Waals surface area contributed by atoms with Crippen LogP contribution in [0.1, 0.15) is 16.5 Å². The molecule has 0 aliphatic heterocycles. The fraction of sp³-hybridized carbons (Fsp3) is 0.0667. The van der Waals surface area contributed by atoms with Crippen molar-refractivity contribution in [2.45, 2.75) is 5.38 Å². The Morgan fingerprint density at radius 1 is 0.947 bits per heavy atom. The molecule has 0 spiro atoms. The van der Waals surface area contributed by atoms with Gasteiger partial charge in [0.1, 0.15) is 0 Å². The molecule has 4 heteroatoms. The summed E-state index contributed by atoms with van der Waals surface area (Å²) in [5, 5.41) is 2.19. The lowest BCUT2D eigenvalue weighted by Crippen LogP contribution is -1.98. The molecule has 1 aromatic heterocycles. The fourth-order valence-electron chi connectivity index (χ4n) is 2.08. The van der Waals surface area contributed by atoms with Gasteiger partial charge in [0, 0.05) is 10.3 Å². The SMILES string of the molecule is Fc1cccc(C(Cl)c2csc3ccccc23)c1F. The van der Waals surface area contributed by atoms with Gasteiger partial charge in [0.2, 0.25) is 0 Å². The van der Waals surface area contributed by atoms with Crippen molar-refractivity contribution in [3.05, 3.63) is 70.6 Å². The maximum absolute atomic E-state index is 13.8. The lowest BCUT2D eigenvalue weighted by atomic mass is 10.0. The van der Waals surface area contributed by atoms with E-state index in [2.05, 4.69) is 0 Å². The molecule has 1 atom stereocenters. The van der Waals surface area contributed by atoms with Crippen LogP contribution in [0, 0.1) is 11.6 Å². The van der Waals surface area contributed by atoms with Gasteiger partial charge >= 0.3 is 0 Å². The van der Waals surface area contributed by atoms with Crippen LogP contribution in [0.25, 0.3) is 10.1 Å². The molecule has 1 unspecified atom stereocenters. The van der Waals surface area contributed by atoms with Crippen LogP contribution in [-0.4, -0.2) is 0 Å². The number of halogens is 3. The first-order valence-electron chi connectivity index (χ1n) is 5.72. The summed E-state index contributed by atoms with van der Waals surface area (Å²) in [6, 6.07) is 11.8. The van der Waals surface area contributed by atoms with E-state index in [1.54, 1.807) is 11.3 Å². The minimum Gasteiger partial charge on any atom is -0.204 e. The van der Waals surface area contributed by atoms with E-state index in [9.17, 15) is 8.78 Å². The topological polar surface area (TPSA) is 0 Å². The molecule has 0 nitrogen and oxygen atoms in total. The van der Waals surface area contributed by atoms with Crippen LogP contribution < -0.4 is 0 Å². The number of fused-ring (bicyclic) bond motifs is 1. The van der Waals surface area contributed by atoms with Gasteiger partial charge in [-0.2, -0.15) is 0 Å². The van der Waals surface area contributed by atoms with Crippen LogP contribution in [0.4, 0.5) is 8.78 Å². The summed E-state index contributed by atoms with van der Waals surface area (Å²) in [5.74, 6) is -1.75. The number of benzene rings is 2. The predicted octanol–water partition coefficient (Wildman–Crippen LogP) is 5.51. The molecular formula is C15H9ClF2S. The van der Waals surface area contributed by atoms with Crippen molar-refractivity contribution in [2.24, 2.45) is 0 Å². The highest BCUT2D eigenvalue weighted by Crippen LogP contribution is 2.38. The Hall–Kier alpha value is -1.45. The highest BCUT2D eigenvalue weighted by molar-refractivity contribution is 7.17. The van der Waals surface area contributed by atoms with Crippen molar-refractivity contribution >= 4 is 33.0 Å². The number of thiophene rings is 1. The molecule has 19 heavy (non-hydrogen) atoms. The summed E-state index contributed by atoms with van der Waals surface area (Å²) in [6.07, 6.45) is 0. The smallest absolute Gasteiger partial charge is 0.163 e. The zero-order valence-corrected chi connectivity index (χ0v) is 11.3. The molecule has 1 heterocycles. The summed E-state index contributed by atoms with van der Waals surface area (Å²) >= 11 is 7.88. The Labute approximate surface area is 118 Å². The average Bonchev–Trinajstić information content (AvgIpc) is 2.85. The van der Waals surface area contributed by atoms with Gasteiger partial charge in [0.05, 0.1) is 5.38 Å². The van der Waals surface area contributed by atoms with Crippen molar-refractivity contribution in [3.63, 3.8) is 0 Å². The van der Waals surface area contributed by atoms with E-state index in [1.807, 2.05) is 29.6 Å². The van der Waals surface area contributed by atoms with Gasteiger partial charge in [0.15, 0.2) is 11.6 Å². The number of rotatable bonds is 2. The monoisotopic (exact) mass is 294 g/mol. The highest BCUT2D eigenvalue weighted by atomic mass is 35.5. The van der Waals surface area contributed by atoms with Gasteiger partial charge in [-0.25, -0.2) is 8.78 Å². The highest BCUT2D eigenvalue weighted by Gasteiger charge is 2.20. The van der Waals surface area contributed by atoms with Gasteiger partial charge < -0.3 is 0 Å². The van der Waals surface area contributed by atoms with Crippen LogP contribution in [0.2, 0.25) is 0 Å². The van der Waals surface area contributed by atoms with Gasteiger partial charge in [-0.1, -0.05) is 30.3 Å². The number of hydrogen-bond donors (Lipinski definition) is 0. The molecule has 0 saturated carbocycles. The van der Waals surface area contributed by atoms with E-state index in [0.717, 1.165) is 21.7 Å². The molecular weight excluding hydrogens is 286 g/mol. The molecule has 3 rings (SSSR count). The van der Waals surface area contributed by atoms with Gasteiger partial charge in [-0.3, -0.25) is 0 Å². The summed E-state index contributed by atoms with van der Waals surface area (Å²) < 4.78 is 28.1.